The van der Waals surface area contributed by atoms with E-state index >= 15 is 0 Å². The summed E-state index contributed by atoms with van der Waals surface area (Å²) in [4.78, 5) is 8.38. The van der Waals surface area contributed by atoms with E-state index in [0.717, 1.165) is 16.9 Å². The van der Waals surface area contributed by atoms with Crippen molar-refractivity contribution in [2.45, 2.75) is 0 Å². The molecule has 0 atom stereocenters. The summed E-state index contributed by atoms with van der Waals surface area (Å²) in [6, 6.07) is 7.14. The summed E-state index contributed by atoms with van der Waals surface area (Å²) >= 11 is 0. The number of hydrogen-bond acceptors (Lipinski definition) is 3. The molecule has 2 aromatic heterocycles. The molecule has 4 heteroatoms. The normalized spacial score (nSPS) is 10.8. The Morgan fingerprint density at radius 2 is 2.00 bits per heavy atom. The van der Waals surface area contributed by atoms with Crippen LogP contribution in [0.1, 0.15) is 0 Å². The SMILES string of the molecule is Oc1ccccc1-c1cn2ccnc2cn1. The molecule has 0 amide bonds. The maximum absolute atomic E-state index is 9.72. The quantitative estimate of drug-likeness (QED) is 0.670. The molecule has 78 valence electrons. The molecule has 0 spiro atoms. The lowest BCUT2D eigenvalue weighted by Crippen LogP contribution is -1.89. The molecular formula is C12H9N3O. The molecule has 3 aromatic rings. The highest BCUT2D eigenvalue weighted by Gasteiger charge is 2.05. The van der Waals surface area contributed by atoms with E-state index in [1.807, 2.05) is 28.9 Å². The Labute approximate surface area is 91.8 Å². The minimum atomic E-state index is 0.231. The van der Waals surface area contributed by atoms with Gasteiger partial charge in [0.1, 0.15) is 5.75 Å². The Bertz CT molecular complexity index is 645. The number of phenols is 1. The zero-order valence-electron chi connectivity index (χ0n) is 8.41. The number of benzene rings is 1. The lowest BCUT2D eigenvalue weighted by molar-refractivity contribution is 0.477. The second-order valence-corrected chi connectivity index (χ2v) is 3.48. The standard InChI is InChI=1S/C12H9N3O/c16-11-4-2-1-3-9(11)10-8-15-6-5-13-12(15)7-14-10/h1-8,16H. The maximum Gasteiger partial charge on any atom is 0.155 e. The first-order valence-electron chi connectivity index (χ1n) is 4.92. The van der Waals surface area contributed by atoms with Crippen LogP contribution in [0.2, 0.25) is 0 Å². The molecule has 0 unspecified atom stereocenters. The van der Waals surface area contributed by atoms with Gasteiger partial charge in [-0.2, -0.15) is 0 Å². The number of nitrogens with zero attached hydrogens (tertiary/aromatic N) is 3. The van der Waals surface area contributed by atoms with Gasteiger partial charge in [0.2, 0.25) is 0 Å². The van der Waals surface area contributed by atoms with Crippen LogP contribution in [0.15, 0.2) is 49.1 Å². The van der Waals surface area contributed by atoms with Crippen LogP contribution in [-0.4, -0.2) is 19.5 Å². The lowest BCUT2D eigenvalue weighted by atomic mass is 10.1. The fraction of sp³-hybridized carbons (Fsp3) is 0. The highest BCUT2D eigenvalue weighted by atomic mass is 16.3. The minimum Gasteiger partial charge on any atom is -0.507 e. The molecule has 1 aromatic carbocycles. The third kappa shape index (κ3) is 1.32. The van der Waals surface area contributed by atoms with Crippen molar-refractivity contribution in [2.75, 3.05) is 0 Å². The minimum absolute atomic E-state index is 0.231. The van der Waals surface area contributed by atoms with Crippen LogP contribution < -0.4 is 0 Å². The molecule has 0 fully saturated rings. The number of fused-ring (bicyclic) bond motifs is 1. The molecule has 16 heavy (non-hydrogen) atoms. The number of aromatic nitrogens is 3. The van der Waals surface area contributed by atoms with E-state index in [-0.39, 0.29) is 5.75 Å². The summed E-state index contributed by atoms with van der Waals surface area (Å²) in [5.74, 6) is 0.231. The van der Waals surface area contributed by atoms with Crippen LogP contribution in [0.25, 0.3) is 16.9 Å². The summed E-state index contributed by atoms with van der Waals surface area (Å²) in [6.45, 7) is 0. The summed E-state index contributed by atoms with van der Waals surface area (Å²) in [6.07, 6.45) is 7.09. The van der Waals surface area contributed by atoms with Gasteiger partial charge in [0.25, 0.3) is 0 Å². The number of para-hydroxylation sites is 1. The van der Waals surface area contributed by atoms with Crippen molar-refractivity contribution >= 4 is 5.65 Å². The fourth-order valence-electron chi connectivity index (χ4n) is 1.66. The average molecular weight is 211 g/mol. The van der Waals surface area contributed by atoms with Gasteiger partial charge >= 0.3 is 0 Å². The third-order valence-corrected chi connectivity index (χ3v) is 2.46. The van der Waals surface area contributed by atoms with E-state index in [9.17, 15) is 5.11 Å². The first-order valence-corrected chi connectivity index (χ1v) is 4.92. The first-order chi connectivity index (χ1) is 7.84. The second-order valence-electron chi connectivity index (χ2n) is 3.48. The zero-order valence-corrected chi connectivity index (χ0v) is 8.41. The molecule has 3 rings (SSSR count). The van der Waals surface area contributed by atoms with E-state index in [1.54, 1.807) is 24.5 Å². The van der Waals surface area contributed by atoms with Gasteiger partial charge in [0.15, 0.2) is 5.65 Å². The lowest BCUT2D eigenvalue weighted by Gasteiger charge is -2.03. The van der Waals surface area contributed by atoms with Crippen LogP contribution in [0.5, 0.6) is 5.75 Å². The number of phenolic OH excluding ortho intramolecular Hbond substituents is 1. The van der Waals surface area contributed by atoms with Gasteiger partial charge in [-0.25, -0.2) is 4.98 Å². The van der Waals surface area contributed by atoms with Crippen molar-refractivity contribution in [3.8, 4) is 17.0 Å². The van der Waals surface area contributed by atoms with Gasteiger partial charge in [-0.1, -0.05) is 12.1 Å². The van der Waals surface area contributed by atoms with Crippen molar-refractivity contribution in [3.05, 3.63) is 49.1 Å². The summed E-state index contributed by atoms with van der Waals surface area (Å²) < 4.78 is 1.87. The molecule has 4 nitrogen and oxygen atoms in total. The van der Waals surface area contributed by atoms with Gasteiger partial charge < -0.3 is 9.51 Å². The topological polar surface area (TPSA) is 50.4 Å². The zero-order chi connectivity index (χ0) is 11.0. The van der Waals surface area contributed by atoms with Gasteiger partial charge in [-0.05, 0) is 12.1 Å². The summed E-state index contributed by atoms with van der Waals surface area (Å²) in [5, 5.41) is 9.72. The molecule has 0 aliphatic rings. The van der Waals surface area contributed by atoms with Gasteiger partial charge in [0, 0.05) is 24.2 Å². The van der Waals surface area contributed by atoms with Crippen LogP contribution >= 0.6 is 0 Å². The van der Waals surface area contributed by atoms with E-state index in [2.05, 4.69) is 9.97 Å². The van der Waals surface area contributed by atoms with Crippen molar-refractivity contribution in [1.82, 2.24) is 14.4 Å². The van der Waals surface area contributed by atoms with E-state index in [1.165, 1.54) is 0 Å². The number of aromatic hydroxyl groups is 1. The fourth-order valence-corrected chi connectivity index (χ4v) is 1.66. The Kier molecular flexibility index (Phi) is 1.86. The van der Waals surface area contributed by atoms with Crippen LogP contribution in [0, 0.1) is 0 Å². The van der Waals surface area contributed by atoms with Crippen molar-refractivity contribution in [1.29, 1.82) is 0 Å². The van der Waals surface area contributed by atoms with Gasteiger partial charge in [-0.15, -0.1) is 0 Å². The Morgan fingerprint density at radius 3 is 2.88 bits per heavy atom. The molecule has 2 heterocycles. The van der Waals surface area contributed by atoms with E-state index in [4.69, 9.17) is 0 Å². The molecule has 0 bridgehead atoms. The number of imidazole rings is 1. The average Bonchev–Trinajstić information content (AvgIpc) is 2.76. The Morgan fingerprint density at radius 1 is 1.12 bits per heavy atom. The van der Waals surface area contributed by atoms with Crippen molar-refractivity contribution in [2.24, 2.45) is 0 Å². The molecule has 0 radical (unpaired) electrons. The molecule has 0 aliphatic heterocycles. The number of rotatable bonds is 1. The predicted molar refractivity (Wildman–Crippen MR) is 60.1 cm³/mol. The highest BCUT2D eigenvalue weighted by molar-refractivity contribution is 5.66. The second kappa shape index (κ2) is 3.34. The van der Waals surface area contributed by atoms with E-state index < -0.39 is 0 Å². The molecule has 0 saturated heterocycles. The van der Waals surface area contributed by atoms with Crippen molar-refractivity contribution in [3.63, 3.8) is 0 Å². The van der Waals surface area contributed by atoms with Gasteiger partial charge in [0.05, 0.1) is 11.9 Å². The third-order valence-electron chi connectivity index (χ3n) is 2.46. The highest BCUT2D eigenvalue weighted by Crippen LogP contribution is 2.26. The monoisotopic (exact) mass is 211 g/mol. The molecular weight excluding hydrogens is 202 g/mol. The maximum atomic E-state index is 9.72. The number of hydrogen-bond donors (Lipinski definition) is 1. The largest absolute Gasteiger partial charge is 0.507 e. The smallest absolute Gasteiger partial charge is 0.155 e. The van der Waals surface area contributed by atoms with Crippen LogP contribution in [0.4, 0.5) is 0 Å². The van der Waals surface area contributed by atoms with Crippen LogP contribution in [0.3, 0.4) is 0 Å². The van der Waals surface area contributed by atoms with E-state index in [0.29, 0.717) is 0 Å². The molecule has 0 saturated carbocycles. The molecule has 1 N–H and O–H groups in total. The predicted octanol–water partition coefficient (Wildman–Crippen LogP) is 2.10. The van der Waals surface area contributed by atoms with Crippen LogP contribution in [-0.2, 0) is 0 Å². The Balaban J connectivity index is 2.22. The molecule has 0 aliphatic carbocycles. The van der Waals surface area contributed by atoms with Crippen molar-refractivity contribution < 1.29 is 5.11 Å². The Hall–Kier alpha value is -2.36. The summed E-state index contributed by atoms with van der Waals surface area (Å²) in [7, 11) is 0. The first kappa shape index (κ1) is 8.91. The van der Waals surface area contributed by atoms with Gasteiger partial charge in [-0.3, -0.25) is 4.98 Å². The summed E-state index contributed by atoms with van der Waals surface area (Å²) in [5.41, 5.74) is 2.24.